The lowest BCUT2D eigenvalue weighted by molar-refractivity contribution is -0.157. The van der Waals surface area contributed by atoms with Gasteiger partial charge in [-0.15, -0.1) is 11.3 Å². The molecule has 1 aliphatic rings. The van der Waals surface area contributed by atoms with Crippen molar-refractivity contribution >= 4 is 29.4 Å². The summed E-state index contributed by atoms with van der Waals surface area (Å²) in [4.78, 5) is 37.7. The summed E-state index contributed by atoms with van der Waals surface area (Å²) >= 11 is 1.45. The number of alkyl carbamates (subject to hydrolysis) is 1. The van der Waals surface area contributed by atoms with Gasteiger partial charge in [-0.05, 0) is 57.9 Å². The molecule has 2 rings (SSSR count). The molecule has 1 heterocycles. The van der Waals surface area contributed by atoms with Crippen LogP contribution in [0, 0.1) is 0 Å². The fraction of sp³-hybridized carbons (Fsp3) is 0.650. The van der Waals surface area contributed by atoms with Gasteiger partial charge in [0, 0.05) is 4.88 Å². The first-order chi connectivity index (χ1) is 13.2. The van der Waals surface area contributed by atoms with Gasteiger partial charge < -0.3 is 19.5 Å². The molecule has 28 heavy (non-hydrogen) atoms. The SMILES string of the molecule is CC(C)(C)OC(=O)N[C@@H](CC(=O)OC1CCCCC1)C(=O)OCc1cccs1. The van der Waals surface area contributed by atoms with Crippen LogP contribution in [0.4, 0.5) is 4.79 Å². The zero-order valence-corrected chi connectivity index (χ0v) is 17.5. The summed E-state index contributed by atoms with van der Waals surface area (Å²) in [5, 5.41) is 4.31. The molecule has 0 spiro atoms. The zero-order chi connectivity index (χ0) is 20.6. The van der Waals surface area contributed by atoms with Crippen LogP contribution < -0.4 is 5.32 Å². The van der Waals surface area contributed by atoms with E-state index in [0.717, 1.165) is 37.0 Å². The molecule has 8 heteroatoms. The van der Waals surface area contributed by atoms with E-state index < -0.39 is 29.7 Å². The summed E-state index contributed by atoms with van der Waals surface area (Å²) in [7, 11) is 0. The second-order valence-corrected chi connectivity index (χ2v) is 8.87. The van der Waals surface area contributed by atoms with Crippen molar-refractivity contribution in [2.45, 2.75) is 83.6 Å². The predicted molar refractivity (Wildman–Crippen MR) is 105 cm³/mol. The standard InChI is InChI=1S/C20H29NO6S/c1-20(2,3)27-19(24)21-16(18(23)25-13-15-10-7-11-28-15)12-17(22)26-14-8-5-4-6-9-14/h7,10-11,14,16H,4-6,8-9,12-13H2,1-3H3,(H,21,24)/t16-/m0/s1. The van der Waals surface area contributed by atoms with Gasteiger partial charge in [-0.3, -0.25) is 4.79 Å². The normalized spacial score (nSPS) is 16.1. The molecule has 1 saturated carbocycles. The van der Waals surface area contributed by atoms with Crippen LogP contribution in [0.15, 0.2) is 17.5 Å². The number of hydrogen-bond donors (Lipinski definition) is 1. The Labute approximate surface area is 169 Å². The Morgan fingerprint density at radius 1 is 1.21 bits per heavy atom. The van der Waals surface area contributed by atoms with E-state index in [1.54, 1.807) is 20.8 Å². The Morgan fingerprint density at radius 2 is 1.93 bits per heavy atom. The average molecular weight is 412 g/mol. The summed E-state index contributed by atoms with van der Waals surface area (Å²) in [6, 6.07) is 2.53. The van der Waals surface area contributed by atoms with Crippen molar-refractivity contribution in [3.05, 3.63) is 22.4 Å². The van der Waals surface area contributed by atoms with Crippen LogP contribution in [0.5, 0.6) is 0 Å². The highest BCUT2D eigenvalue weighted by Crippen LogP contribution is 2.21. The van der Waals surface area contributed by atoms with Gasteiger partial charge in [0.1, 0.15) is 24.4 Å². The fourth-order valence-corrected chi connectivity index (χ4v) is 3.48. The van der Waals surface area contributed by atoms with Crippen LogP contribution >= 0.6 is 11.3 Å². The van der Waals surface area contributed by atoms with E-state index in [2.05, 4.69) is 5.32 Å². The topological polar surface area (TPSA) is 90.9 Å². The highest BCUT2D eigenvalue weighted by molar-refractivity contribution is 7.09. The molecule has 1 atom stereocenters. The lowest BCUT2D eigenvalue weighted by Gasteiger charge is -2.24. The number of nitrogens with one attached hydrogen (secondary N) is 1. The van der Waals surface area contributed by atoms with E-state index in [0.29, 0.717) is 0 Å². The monoisotopic (exact) mass is 411 g/mol. The van der Waals surface area contributed by atoms with Gasteiger partial charge in [0.15, 0.2) is 0 Å². The van der Waals surface area contributed by atoms with Crippen molar-refractivity contribution in [1.29, 1.82) is 0 Å². The maximum atomic E-state index is 12.5. The molecule has 1 N–H and O–H groups in total. The van der Waals surface area contributed by atoms with Gasteiger partial charge >= 0.3 is 18.0 Å². The Balaban J connectivity index is 1.94. The first-order valence-corrected chi connectivity index (χ1v) is 10.5. The van der Waals surface area contributed by atoms with Crippen LogP contribution in [0.1, 0.15) is 64.2 Å². The third-order valence-corrected chi connectivity index (χ3v) is 4.98. The van der Waals surface area contributed by atoms with Crippen LogP contribution in [-0.4, -0.2) is 35.8 Å². The average Bonchev–Trinajstić information content (AvgIpc) is 3.11. The predicted octanol–water partition coefficient (Wildman–Crippen LogP) is 3.95. The van der Waals surface area contributed by atoms with Gasteiger partial charge in [0.2, 0.25) is 0 Å². The Bertz CT molecular complexity index is 646. The van der Waals surface area contributed by atoms with Crippen molar-refractivity contribution in [3.8, 4) is 0 Å². The van der Waals surface area contributed by atoms with E-state index in [1.807, 2.05) is 17.5 Å². The Kier molecular flexibility index (Phi) is 8.29. The molecule has 1 aliphatic carbocycles. The van der Waals surface area contributed by atoms with E-state index in [4.69, 9.17) is 14.2 Å². The van der Waals surface area contributed by atoms with E-state index in [-0.39, 0.29) is 19.1 Å². The zero-order valence-electron chi connectivity index (χ0n) is 16.7. The number of ether oxygens (including phenoxy) is 3. The Hall–Kier alpha value is -2.09. The van der Waals surface area contributed by atoms with Gasteiger partial charge in [-0.2, -0.15) is 0 Å². The number of carbonyl (C=O) groups excluding carboxylic acids is 3. The molecular weight excluding hydrogens is 382 g/mol. The fourth-order valence-electron chi connectivity index (χ4n) is 2.86. The maximum Gasteiger partial charge on any atom is 0.408 e. The molecule has 0 saturated heterocycles. The van der Waals surface area contributed by atoms with E-state index in [9.17, 15) is 14.4 Å². The highest BCUT2D eigenvalue weighted by Gasteiger charge is 2.30. The van der Waals surface area contributed by atoms with Crippen molar-refractivity contribution < 1.29 is 28.6 Å². The van der Waals surface area contributed by atoms with Crippen LogP contribution in [0.2, 0.25) is 0 Å². The number of hydrogen-bond acceptors (Lipinski definition) is 7. The van der Waals surface area contributed by atoms with E-state index >= 15 is 0 Å². The molecule has 0 radical (unpaired) electrons. The molecule has 1 amide bonds. The number of carbonyl (C=O) groups is 3. The van der Waals surface area contributed by atoms with Gasteiger partial charge in [0.25, 0.3) is 0 Å². The van der Waals surface area contributed by atoms with E-state index in [1.165, 1.54) is 11.3 Å². The number of rotatable bonds is 7. The first-order valence-electron chi connectivity index (χ1n) is 9.61. The summed E-state index contributed by atoms with van der Waals surface area (Å²) in [6.45, 7) is 5.23. The van der Waals surface area contributed by atoms with Crippen molar-refractivity contribution in [2.24, 2.45) is 0 Å². The quantitative estimate of drug-likeness (QED) is 0.540. The molecular formula is C20H29NO6S. The molecule has 1 aromatic heterocycles. The third-order valence-electron chi connectivity index (χ3n) is 4.13. The number of esters is 2. The Morgan fingerprint density at radius 3 is 2.54 bits per heavy atom. The lowest BCUT2D eigenvalue weighted by Crippen LogP contribution is -2.45. The molecule has 0 unspecified atom stereocenters. The summed E-state index contributed by atoms with van der Waals surface area (Å²) < 4.78 is 15.9. The largest absolute Gasteiger partial charge is 0.462 e. The summed E-state index contributed by atoms with van der Waals surface area (Å²) in [5.41, 5.74) is -0.724. The van der Waals surface area contributed by atoms with Crippen molar-refractivity contribution in [1.82, 2.24) is 5.32 Å². The minimum atomic E-state index is -1.16. The maximum absolute atomic E-state index is 12.5. The van der Waals surface area contributed by atoms with Gasteiger partial charge in [-0.1, -0.05) is 12.5 Å². The van der Waals surface area contributed by atoms with Crippen LogP contribution in [0.3, 0.4) is 0 Å². The molecule has 0 aliphatic heterocycles. The van der Waals surface area contributed by atoms with Crippen LogP contribution in [0.25, 0.3) is 0 Å². The van der Waals surface area contributed by atoms with Crippen LogP contribution in [-0.2, 0) is 30.4 Å². The summed E-state index contributed by atoms with van der Waals surface area (Å²) in [5.74, 6) is -1.22. The second-order valence-electron chi connectivity index (χ2n) is 7.84. The molecule has 1 fully saturated rings. The minimum absolute atomic E-state index is 0.0840. The smallest absolute Gasteiger partial charge is 0.408 e. The number of amides is 1. The second kappa shape index (κ2) is 10.5. The lowest BCUT2D eigenvalue weighted by atomic mass is 9.98. The first kappa shape index (κ1) is 22.2. The van der Waals surface area contributed by atoms with Crippen molar-refractivity contribution in [2.75, 3.05) is 0 Å². The summed E-state index contributed by atoms with van der Waals surface area (Å²) in [6.07, 6.45) is 3.67. The molecule has 0 aromatic carbocycles. The van der Waals surface area contributed by atoms with Gasteiger partial charge in [0.05, 0.1) is 6.42 Å². The molecule has 156 valence electrons. The molecule has 0 bridgehead atoms. The third kappa shape index (κ3) is 8.29. The number of thiophene rings is 1. The molecule has 7 nitrogen and oxygen atoms in total. The minimum Gasteiger partial charge on any atom is -0.462 e. The van der Waals surface area contributed by atoms with Crippen molar-refractivity contribution in [3.63, 3.8) is 0 Å². The van der Waals surface area contributed by atoms with Gasteiger partial charge in [-0.25, -0.2) is 9.59 Å². The highest BCUT2D eigenvalue weighted by atomic mass is 32.1. The molecule has 1 aromatic rings.